The molecule has 2 aliphatic rings. The molecule has 0 spiro atoms. The Kier molecular flexibility index (Phi) is 5.01. The smallest absolute Gasteiger partial charge is 0.0734 e. The van der Waals surface area contributed by atoms with E-state index in [1.54, 1.807) is 0 Å². The fourth-order valence-corrected chi connectivity index (χ4v) is 3.50. The number of hydrogen-bond acceptors (Lipinski definition) is 4. The lowest BCUT2D eigenvalue weighted by molar-refractivity contribution is -0.111. The Morgan fingerprint density at radius 2 is 1.95 bits per heavy atom. The summed E-state index contributed by atoms with van der Waals surface area (Å²) in [6.07, 6.45) is 6.54. The molecular weight excluding hydrogens is 244 g/mol. The van der Waals surface area contributed by atoms with E-state index in [1.165, 1.54) is 24.8 Å². The second-order valence-electron chi connectivity index (χ2n) is 6.00. The molecule has 0 aromatic heterocycles. The minimum Gasteiger partial charge on any atom is -0.396 e. The molecule has 110 valence electrons. The van der Waals surface area contributed by atoms with Gasteiger partial charge in [0.25, 0.3) is 0 Å². The Hall–Kier alpha value is -0.420. The molecule has 3 N–H and O–H groups in total. The van der Waals surface area contributed by atoms with E-state index in [0.29, 0.717) is 18.4 Å². The lowest BCUT2D eigenvalue weighted by Gasteiger charge is -2.37. The van der Waals surface area contributed by atoms with Gasteiger partial charge in [-0.2, -0.15) is 0 Å². The highest BCUT2D eigenvalue weighted by molar-refractivity contribution is 5.21. The monoisotopic (exact) mass is 270 g/mol. The number of allylic oxidation sites excluding steroid dienone is 1. The van der Waals surface area contributed by atoms with Crippen LogP contribution in [0.5, 0.6) is 0 Å². The zero-order valence-corrected chi connectivity index (χ0v) is 11.7. The van der Waals surface area contributed by atoms with Gasteiger partial charge in [-0.05, 0) is 44.4 Å². The molecule has 3 unspecified atom stereocenters. The minimum absolute atomic E-state index is 0.258. The molecule has 1 fully saturated rings. The highest BCUT2D eigenvalue weighted by atomic mass is 16.5. The highest BCUT2D eigenvalue weighted by Gasteiger charge is 2.41. The first-order valence-corrected chi connectivity index (χ1v) is 7.33. The van der Waals surface area contributed by atoms with Gasteiger partial charge in [0.1, 0.15) is 0 Å². The Morgan fingerprint density at radius 1 is 1.26 bits per heavy atom. The summed E-state index contributed by atoms with van der Waals surface area (Å²) in [6, 6.07) is 0. The van der Waals surface area contributed by atoms with Crippen LogP contribution in [0.3, 0.4) is 0 Å². The number of ether oxygens (including phenoxy) is 1. The van der Waals surface area contributed by atoms with E-state index in [4.69, 9.17) is 4.74 Å². The van der Waals surface area contributed by atoms with E-state index in [1.807, 2.05) is 6.92 Å². The molecule has 0 aliphatic heterocycles. The zero-order chi connectivity index (χ0) is 13.9. The molecule has 1 saturated carbocycles. The molecule has 3 atom stereocenters. The van der Waals surface area contributed by atoms with Crippen molar-refractivity contribution in [3.8, 4) is 0 Å². The van der Waals surface area contributed by atoms with Crippen LogP contribution >= 0.6 is 0 Å². The Labute approximate surface area is 115 Å². The lowest BCUT2D eigenvalue weighted by atomic mass is 9.79. The number of rotatable bonds is 8. The lowest BCUT2D eigenvalue weighted by Crippen LogP contribution is -2.47. The number of aliphatic hydroxyl groups excluding tert-OH is 3. The van der Waals surface area contributed by atoms with Crippen LogP contribution in [0.15, 0.2) is 11.6 Å². The molecule has 0 aromatic carbocycles. The molecule has 2 aliphatic carbocycles. The van der Waals surface area contributed by atoms with Crippen molar-refractivity contribution in [1.29, 1.82) is 0 Å². The first-order valence-electron chi connectivity index (χ1n) is 7.33. The standard InChI is InChI=1S/C15H26O4/c1-2-19-14(15(8-16,9-17)10-18)7-13-6-11-3-4-12(13)5-11/h6,11-12,14,16-18H,2-5,7-10H2,1H3. The molecule has 0 radical (unpaired) electrons. The van der Waals surface area contributed by atoms with Gasteiger partial charge in [0.2, 0.25) is 0 Å². The van der Waals surface area contributed by atoms with Gasteiger partial charge >= 0.3 is 0 Å². The molecular formula is C15H26O4. The maximum atomic E-state index is 9.56. The molecule has 0 amide bonds. The summed E-state index contributed by atoms with van der Waals surface area (Å²) in [6.45, 7) is 1.65. The van der Waals surface area contributed by atoms with Crippen molar-refractivity contribution < 1.29 is 20.1 Å². The molecule has 0 saturated heterocycles. The van der Waals surface area contributed by atoms with Gasteiger partial charge in [-0.25, -0.2) is 0 Å². The minimum atomic E-state index is -0.946. The number of aliphatic hydroxyl groups is 3. The Bertz CT molecular complexity index is 314. The fraction of sp³-hybridized carbons (Fsp3) is 0.867. The summed E-state index contributed by atoms with van der Waals surface area (Å²) in [5, 5.41) is 28.7. The summed E-state index contributed by atoms with van der Waals surface area (Å²) >= 11 is 0. The summed E-state index contributed by atoms with van der Waals surface area (Å²) in [4.78, 5) is 0. The van der Waals surface area contributed by atoms with Gasteiger partial charge in [0.15, 0.2) is 0 Å². The molecule has 2 rings (SSSR count). The van der Waals surface area contributed by atoms with Gasteiger partial charge in [0, 0.05) is 6.61 Å². The predicted octanol–water partition coefficient (Wildman–Crippen LogP) is 1.10. The van der Waals surface area contributed by atoms with Crippen LogP contribution in [-0.2, 0) is 4.74 Å². The predicted molar refractivity (Wildman–Crippen MR) is 72.6 cm³/mol. The third kappa shape index (κ3) is 2.87. The summed E-state index contributed by atoms with van der Waals surface area (Å²) in [5.74, 6) is 1.37. The Balaban J connectivity index is 2.09. The van der Waals surface area contributed by atoms with Crippen molar-refractivity contribution in [3.05, 3.63) is 11.6 Å². The average Bonchev–Trinajstić information content (AvgIpc) is 3.04. The summed E-state index contributed by atoms with van der Waals surface area (Å²) in [5.41, 5.74) is 0.452. The van der Waals surface area contributed by atoms with E-state index < -0.39 is 5.41 Å². The van der Waals surface area contributed by atoms with Crippen LogP contribution in [0.1, 0.15) is 32.6 Å². The molecule has 4 nitrogen and oxygen atoms in total. The van der Waals surface area contributed by atoms with Crippen molar-refractivity contribution in [2.75, 3.05) is 26.4 Å². The van der Waals surface area contributed by atoms with E-state index in [-0.39, 0.29) is 25.9 Å². The second kappa shape index (κ2) is 6.35. The topological polar surface area (TPSA) is 69.9 Å². The van der Waals surface area contributed by atoms with Crippen molar-refractivity contribution in [2.24, 2.45) is 17.3 Å². The molecule has 4 heteroatoms. The molecule has 0 aromatic rings. The van der Waals surface area contributed by atoms with Crippen LogP contribution in [-0.4, -0.2) is 47.9 Å². The summed E-state index contributed by atoms with van der Waals surface area (Å²) in [7, 11) is 0. The van der Waals surface area contributed by atoms with Crippen LogP contribution in [0, 0.1) is 17.3 Å². The largest absolute Gasteiger partial charge is 0.396 e. The van der Waals surface area contributed by atoms with Gasteiger partial charge in [0.05, 0.1) is 31.3 Å². The van der Waals surface area contributed by atoms with Gasteiger partial charge in [-0.15, -0.1) is 0 Å². The van der Waals surface area contributed by atoms with E-state index in [9.17, 15) is 15.3 Å². The molecule has 0 heterocycles. The van der Waals surface area contributed by atoms with Gasteiger partial charge < -0.3 is 20.1 Å². The second-order valence-corrected chi connectivity index (χ2v) is 6.00. The third-order valence-electron chi connectivity index (χ3n) is 4.86. The first-order chi connectivity index (χ1) is 9.19. The quantitative estimate of drug-likeness (QED) is 0.578. The maximum Gasteiger partial charge on any atom is 0.0734 e. The van der Waals surface area contributed by atoms with E-state index in [2.05, 4.69) is 6.08 Å². The van der Waals surface area contributed by atoms with Crippen LogP contribution < -0.4 is 0 Å². The maximum absolute atomic E-state index is 9.56. The van der Waals surface area contributed by atoms with Crippen molar-refractivity contribution in [1.82, 2.24) is 0 Å². The van der Waals surface area contributed by atoms with Crippen molar-refractivity contribution in [2.45, 2.75) is 38.7 Å². The zero-order valence-electron chi connectivity index (χ0n) is 11.7. The first kappa shape index (κ1) is 15.0. The number of fused-ring (bicyclic) bond motifs is 2. The Morgan fingerprint density at radius 3 is 2.37 bits per heavy atom. The van der Waals surface area contributed by atoms with Crippen molar-refractivity contribution >= 4 is 0 Å². The van der Waals surface area contributed by atoms with Crippen LogP contribution in [0.2, 0.25) is 0 Å². The number of hydrogen-bond donors (Lipinski definition) is 3. The van der Waals surface area contributed by atoms with Gasteiger partial charge in [-0.3, -0.25) is 0 Å². The molecule has 2 bridgehead atoms. The summed E-state index contributed by atoms with van der Waals surface area (Å²) < 4.78 is 5.73. The molecule has 19 heavy (non-hydrogen) atoms. The SMILES string of the molecule is CCOC(CC1=CC2CCC1C2)C(CO)(CO)CO. The van der Waals surface area contributed by atoms with Crippen molar-refractivity contribution in [3.63, 3.8) is 0 Å². The van der Waals surface area contributed by atoms with E-state index >= 15 is 0 Å². The normalized spacial score (nSPS) is 27.7. The third-order valence-corrected chi connectivity index (χ3v) is 4.86. The fourth-order valence-electron chi connectivity index (χ4n) is 3.50. The van der Waals surface area contributed by atoms with E-state index in [0.717, 1.165) is 6.42 Å². The van der Waals surface area contributed by atoms with Gasteiger partial charge in [-0.1, -0.05) is 11.6 Å². The average molecular weight is 270 g/mol. The van der Waals surface area contributed by atoms with Crippen LogP contribution in [0.25, 0.3) is 0 Å². The van der Waals surface area contributed by atoms with Crippen LogP contribution in [0.4, 0.5) is 0 Å². The highest BCUT2D eigenvalue weighted by Crippen LogP contribution is 2.46.